The zero-order chi connectivity index (χ0) is 15.6. The average molecular weight is 296 g/mol. The van der Waals surface area contributed by atoms with Crippen LogP contribution in [0.1, 0.15) is 41.5 Å². The lowest BCUT2D eigenvalue weighted by molar-refractivity contribution is -0.283. The zero-order valence-electron chi connectivity index (χ0n) is 13.8. The van der Waals surface area contributed by atoms with Crippen molar-refractivity contribution in [1.29, 1.82) is 0 Å². The van der Waals surface area contributed by atoms with E-state index in [2.05, 4.69) is 0 Å². The minimum atomic E-state index is -0.472. The first-order valence-electron chi connectivity index (χ1n) is 7.39. The summed E-state index contributed by atoms with van der Waals surface area (Å²) in [6.07, 6.45) is 0. The number of rotatable bonds is 12. The van der Waals surface area contributed by atoms with Gasteiger partial charge in [0.15, 0.2) is 0 Å². The molecule has 0 amide bonds. The molecule has 0 heterocycles. The normalized spacial score (nSPS) is 10.8. The molecule has 0 unspecified atom stereocenters. The Balaban J connectivity index is 0. The van der Waals surface area contributed by atoms with E-state index in [9.17, 15) is 0 Å². The van der Waals surface area contributed by atoms with Crippen molar-refractivity contribution in [2.75, 3.05) is 39.6 Å². The predicted molar refractivity (Wildman–Crippen MR) is 77.3 cm³/mol. The number of hydrogen-bond donors (Lipinski definition) is 0. The lowest BCUT2D eigenvalue weighted by Gasteiger charge is -2.15. The largest absolute Gasteiger partial charge is 0.330 e. The monoisotopic (exact) mass is 296 g/mol. The van der Waals surface area contributed by atoms with Crippen molar-refractivity contribution >= 4 is 0 Å². The van der Waals surface area contributed by atoms with Gasteiger partial charge in [-0.05, 0) is 41.5 Å². The fourth-order valence-electron chi connectivity index (χ4n) is 1.11. The highest BCUT2D eigenvalue weighted by atomic mass is 16.8. The third-order valence-electron chi connectivity index (χ3n) is 1.82. The Labute approximate surface area is 123 Å². The first-order valence-corrected chi connectivity index (χ1v) is 7.39. The van der Waals surface area contributed by atoms with Crippen LogP contribution in [0.3, 0.4) is 0 Å². The second-order valence-electron chi connectivity index (χ2n) is 3.31. The Bertz CT molecular complexity index is 121. The second-order valence-corrected chi connectivity index (χ2v) is 3.31. The summed E-state index contributed by atoms with van der Waals surface area (Å²) < 4.78 is 30.5. The van der Waals surface area contributed by atoms with Gasteiger partial charge < -0.3 is 28.4 Å². The highest BCUT2D eigenvalue weighted by Crippen LogP contribution is 1.96. The van der Waals surface area contributed by atoms with E-state index in [1.807, 2.05) is 41.5 Å². The summed E-state index contributed by atoms with van der Waals surface area (Å²) in [5.41, 5.74) is 0. The van der Waals surface area contributed by atoms with E-state index in [1.165, 1.54) is 0 Å². The summed E-state index contributed by atoms with van der Waals surface area (Å²) in [4.78, 5) is 0. The summed E-state index contributed by atoms with van der Waals surface area (Å²) in [7, 11) is 0. The van der Waals surface area contributed by atoms with Crippen molar-refractivity contribution in [2.45, 2.75) is 54.5 Å². The third-order valence-corrected chi connectivity index (χ3v) is 1.82. The van der Waals surface area contributed by atoms with Gasteiger partial charge in [-0.1, -0.05) is 0 Å². The lowest BCUT2D eigenvalue weighted by Crippen LogP contribution is -2.20. The molecule has 0 spiro atoms. The molecule has 0 atom stereocenters. The van der Waals surface area contributed by atoms with Crippen LogP contribution in [0.5, 0.6) is 0 Å². The molecule has 0 N–H and O–H groups in total. The number of ether oxygens (including phenoxy) is 6. The van der Waals surface area contributed by atoms with Crippen LogP contribution in [-0.2, 0) is 28.4 Å². The van der Waals surface area contributed by atoms with Gasteiger partial charge in [0.1, 0.15) is 0 Å². The molecule has 124 valence electrons. The molecule has 0 aromatic rings. The molecule has 6 heteroatoms. The van der Waals surface area contributed by atoms with E-state index in [4.69, 9.17) is 28.4 Å². The summed E-state index contributed by atoms with van der Waals surface area (Å²) >= 11 is 0. The molecule has 0 aliphatic carbocycles. The molecule has 0 rings (SSSR count). The number of hydrogen-bond acceptors (Lipinski definition) is 6. The van der Waals surface area contributed by atoms with Crippen molar-refractivity contribution in [3.8, 4) is 0 Å². The van der Waals surface area contributed by atoms with E-state index in [1.54, 1.807) is 0 Å². The van der Waals surface area contributed by atoms with Crippen LogP contribution in [0, 0.1) is 0 Å². The van der Waals surface area contributed by atoms with E-state index in [-0.39, 0.29) is 0 Å². The van der Waals surface area contributed by atoms with E-state index in [0.717, 1.165) is 0 Å². The molecule has 0 saturated carbocycles. The Kier molecular flexibility index (Phi) is 20.7. The molecular weight excluding hydrogens is 264 g/mol. The zero-order valence-corrected chi connectivity index (χ0v) is 13.8. The standard InChI is InChI=1S/2C7H16O3/c2*1-4-8-7(9-5-2)10-6-3/h2*7H,4-6H2,1-3H3. The minimum absolute atomic E-state index is 0.472. The Morgan fingerprint density at radius 1 is 0.400 bits per heavy atom. The van der Waals surface area contributed by atoms with E-state index < -0.39 is 13.0 Å². The van der Waals surface area contributed by atoms with Crippen molar-refractivity contribution in [1.82, 2.24) is 0 Å². The van der Waals surface area contributed by atoms with Crippen LogP contribution in [0.4, 0.5) is 0 Å². The minimum Gasteiger partial charge on any atom is -0.330 e. The van der Waals surface area contributed by atoms with Gasteiger partial charge in [0.2, 0.25) is 0 Å². The second kappa shape index (κ2) is 18.8. The van der Waals surface area contributed by atoms with Gasteiger partial charge in [-0.25, -0.2) is 0 Å². The van der Waals surface area contributed by atoms with E-state index in [0.29, 0.717) is 39.6 Å². The molecule has 0 radical (unpaired) electrons. The van der Waals surface area contributed by atoms with Crippen LogP contribution < -0.4 is 0 Å². The highest BCUT2D eigenvalue weighted by molar-refractivity contribution is 4.24. The molecule has 0 aliphatic heterocycles. The quantitative estimate of drug-likeness (QED) is 0.516. The average Bonchev–Trinajstić information content (AvgIpc) is 2.41. The summed E-state index contributed by atoms with van der Waals surface area (Å²) in [5.74, 6) is 0. The van der Waals surface area contributed by atoms with Crippen molar-refractivity contribution in [3.05, 3.63) is 0 Å². The van der Waals surface area contributed by atoms with Crippen molar-refractivity contribution < 1.29 is 28.4 Å². The van der Waals surface area contributed by atoms with Crippen LogP contribution in [0.2, 0.25) is 0 Å². The smallest absolute Gasteiger partial charge is 0.271 e. The SMILES string of the molecule is CCOC(OCC)OCC.CCOC(OCC)OCC. The molecule has 0 saturated heterocycles. The van der Waals surface area contributed by atoms with Crippen LogP contribution in [-0.4, -0.2) is 52.6 Å². The van der Waals surface area contributed by atoms with E-state index >= 15 is 0 Å². The van der Waals surface area contributed by atoms with Gasteiger partial charge in [0, 0.05) is 39.6 Å². The van der Waals surface area contributed by atoms with Crippen LogP contribution in [0.15, 0.2) is 0 Å². The topological polar surface area (TPSA) is 55.4 Å². The maximum atomic E-state index is 5.08. The summed E-state index contributed by atoms with van der Waals surface area (Å²) in [6.45, 7) is 14.2. The highest BCUT2D eigenvalue weighted by Gasteiger charge is 2.05. The fraction of sp³-hybridized carbons (Fsp3) is 1.00. The maximum Gasteiger partial charge on any atom is 0.271 e. The van der Waals surface area contributed by atoms with Crippen LogP contribution in [0.25, 0.3) is 0 Å². The molecule has 0 aromatic heterocycles. The molecule has 6 nitrogen and oxygen atoms in total. The van der Waals surface area contributed by atoms with Gasteiger partial charge in [0.25, 0.3) is 13.0 Å². The molecule has 0 fully saturated rings. The first kappa shape index (κ1) is 22.0. The lowest BCUT2D eigenvalue weighted by atomic mass is 10.8. The van der Waals surface area contributed by atoms with Gasteiger partial charge >= 0.3 is 0 Å². The van der Waals surface area contributed by atoms with Crippen molar-refractivity contribution in [2.24, 2.45) is 0 Å². The van der Waals surface area contributed by atoms with Gasteiger partial charge in [0.05, 0.1) is 0 Å². The summed E-state index contributed by atoms with van der Waals surface area (Å²) in [6, 6.07) is 0. The van der Waals surface area contributed by atoms with Crippen LogP contribution >= 0.6 is 0 Å². The Morgan fingerprint density at radius 3 is 0.650 bits per heavy atom. The first-order chi connectivity index (χ1) is 9.69. The third kappa shape index (κ3) is 15.8. The maximum absolute atomic E-state index is 5.08. The van der Waals surface area contributed by atoms with Gasteiger partial charge in [-0.2, -0.15) is 0 Å². The van der Waals surface area contributed by atoms with Crippen molar-refractivity contribution in [3.63, 3.8) is 0 Å². The molecule has 0 bridgehead atoms. The molecule has 0 aromatic carbocycles. The fourth-order valence-corrected chi connectivity index (χ4v) is 1.11. The van der Waals surface area contributed by atoms with Gasteiger partial charge in [-0.3, -0.25) is 0 Å². The summed E-state index contributed by atoms with van der Waals surface area (Å²) in [5, 5.41) is 0. The Hall–Kier alpha value is -0.240. The van der Waals surface area contributed by atoms with Gasteiger partial charge in [-0.15, -0.1) is 0 Å². The molecule has 0 aliphatic rings. The molecule has 20 heavy (non-hydrogen) atoms. The molecular formula is C14H32O6. The predicted octanol–water partition coefficient (Wildman–Crippen LogP) is 2.76. The Morgan fingerprint density at radius 2 is 0.550 bits per heavy atom.